The van der Waals surface area contributed by atoms with Crippen LogP contribution in [0.25, 0.3) is 5.69 Å². The maximum Gasteiger partial charge on any atom is 0.307 e. The zero-order valence-corrected chi connectivity index (χ0v) is 22.7. The summed E-state index contributed by atoms with van der Waals surface area (Å²) in [6, 6.07) is 18.9. The van der Waals surface area contributed by atoms with E-state index < -0.39 is 5.91 Å². The first-order valence-corrected chi connectivity index (χ1v) is 12.5. The fourth-order valence-electron chi connectivity index (χ4n) is 3.79. The van der Waals surface area contributed by atoms with E-state index in [-0.39, 0.29) is 12.4 Å². The Kier molecular flexibility index (Phi) is 8.35. The van der Waals surface area contributed by atoms with Crippen LogP contribution < -0.4 is 19.6 Å². The Morgan fingerprint density at radius 2 is 1.76 bits per heavy atom. The minimum absolute atomic E-state index is 0.132. The molecule has 4 rings (SSSR count). The third-order valence-electron chi connectivity index (χ3n) is 5.59. The fourth-order valence-corrected chi connectivity index (χ4v) is 4.22. The van der Waals surface area contributed by atoms with Crippen molar-refractivity contribution < 1.29 is 23.4 Å². The highest BCUT2D eigenvalue weighted by molar-refractivity contribution is 9.10. The quantitative estimate of drug-likeness (QED) is 0.183. The van der Waals surface area contributed by atoms with E-state index in [0.717, 1.165) is 10.2 Å². The first kappa shape index (κ1) is 26.1. The molecule has 37 heavy (non-hydrogen) atoms. The maximum absolute atomic E-state index is 12.5. The predicted octanol–water partition coefficient (Wildman–Crippen LogP) is 6.20. The van der Waals surface area contributed by atoms with Gasteiger partial charge in [0, 0.05) is 27.1 Å². The number of amides is 1. The van der Waals surface area contributed by atoms with E-state index in [9.17, 15) is 4.79 Å². The average Bonchev–Trinajstić information content (AvgIpc) is 3.50. The van der Waals surface area contributed by atoms with Crippen LogP contribution in [-0.2, 0) is 6.61 Å². The molecule has 2 aromatic carbocycles. The van der Waals surface area contributed by atoms with Crippen LogP contribution in [0.1, 0.15) is 40.2 Å². The molecule has 0 bridgehead atoms. The van der Waals surface area contributed by atoms with E-state index in [1.54, 1.807) is 31.4 Å². The molecule has 0 aliphatic heterocycles. The van der Waals surface area contributed by atoms with Gasteiger partial charge in [0.15, 0.2) is 17.3 Å². The van der Waals surface area contributed by atoms with E-state index >= 15 is 0 Å². The first-order chi connectivity index (χ1) is 17.9. The van der Waals surface area contributed by atoms with E-state index in [1.807, 2.05) is 31.2 Å². The van der Waals surface area contributed by atoms with Gasteiger partial charge in [0.2, 0.25) is 0 Å². The van der Waals surface area contributed by atoms with Crippen molar-refractivity contribution in [1.82, 2.24) is 9.99 Å². The van der Waals surface area contributed by atoms with Crippen LogP contribution in [0.4, 0.5) is 0 Å². The minimum atomic E-state index is -0.474. The number of hydrogen-bond acceptors (Lipinski definition) is 6. The molecule has 2 aromatic heterocycles. The summed E-state index contributed by atoms with van der Waals surface area (Å²) in [7, 11) is 1.56. The van der Waals surface area contributed by atoms with Gasteiger partial charge in [-0.3, -0.25) is 4.79 Å². The molecule has 0 radical (unpaired) electrons. The van der Waals surface area contributed by atoms with E-state index in [0.29, 0.717) is 35.2 Å². The number of halogens is 1. The average molecular weight is 566 g/mol. The summed E-state index contributed by atoms with van der Waals surface area (Å²) in [6.45, 7) is 6.75. The molecule has 0 aliphatic carbocycles. The van der Waals surface area contributed by atoms with Crippen LogP contribution in [-0.4, -0.2) is 30.4 Å². The molecule has 4 aromatic rings. The van der Waals surface area contributed by atoms with Gasteiger partial charge >= 0.3 is 5.91 Å². The second kappa shape index (κ2) is 11.8. The highest BCUT2D eigenvalue weighted by Crippen LogP contribution is 2.33. The third kappa shape index (κ3) is 6.24. The van der Waals surface area contributed by atoms with Gasteiger partial charge < -0.3 is 23.2 Å². The second-order valence-corrected chi connectivity index (χ2v) is 9.01. The number of carbonyl (C=O) groups is 1. The number of nitrogens with one attached hydrogen (secondary N) is 1. The summed E-state index contributed by atoms with van der Waals surface area (Å²) < 4.78 is 25.3. The number of ether oxygens (including phenoxy) is 3. The summed E-state index contributed by atoms with van der Waals surface area (Å²) in [6.07, 6.45) is 1.51. The van der Waals surface area contributed by atoms with Gasteiger partial charge in [0.25, 0.3) is 0 Å². The Bertz CT molecular complexity index is 1390. The van der Waals surface area contributed by atoms with Crippen molar-refractivity contribution in [2.24, 2.45) is 5.10 Å². The first-order valence-electron chi connectivity index (χ1n) is 11.7. The number of carbonyl (C=O) groups excluding carboxylic acids is 1. The number of aromatic nitrogens is 1. The maximum atomic E-state index is 12.5. The number of benzene rings is 2. The summed E-state index contributed by atoms with van der Waals surface area (Å²) in [5, 5.41) is 4.03. The predicted molar refractivity (Wildman–Crippen MR) is 145 cm³/mol. The van der Waals surface area contributed by atoms with E-state index in [4.69, 9.17) is 18.6 Å². The molecule has 9 heteroatoms. The second-order valence-electron chi connectivity index (χ2n) is 8.16. The van der Waals surface area contributed by atoms with Gasteiger partial charge in [-0.25, -0.2) is 5.43 Å². The molecule has 0 aliphatic rings. The van der Waals surface area contributed by atoms with Crippen molar-refractivity contribution in [2.45, 2.75) is 27.4 Å². The van der Waals surface area contributed by atoms with Gasteiger partial charge in [-0.15, -0.1) is 0 Å². The standard InChI is InChI=1S/C28H28BrN3O5/c1-5-35-27-15-24(29)20(14-26(27)34-4)16-30-31-28(33)25-13-12-23(37-25)17-36-22-10-8-21(9-11-22)32-18(2)6-7-19(32)3/h6-16H,5,17H2,1-4H3,(H,31,33)/b30-16+. The third-order valence-corrected chi connectivity index (χ3v) is 6.27. The SMILES string of the molecule is CCOc1cc(Br)c(/C=N/NC(=O)c2ccc(COc3ccc(-n4c(C)ccc4C)cc3)o2)cc1OC. The zero-order chi connectivity index (χ0) is 26.4. The summed E-state index contributed by atoms with van der Waals surface area (Å²) in [4.78, 5) is 12.5. The van der Waals surface area contributed by atoms with Crippen LogP contribution in [0.3, 0.4) is 0 Å². The number of hydrogen-bond donors (Lipinski definition) is 1. The van der Waals surface area contributed by atoms with Crippen molar-refractivity contribution in [3.8, 4) is 22.9 Å². The van der Waals surface area contributed by atoms with Crippen molar-refractivity contribution in [2.75, 3.05) is 13.7 Å². The Hall–Kier alpha value is -3.98. The molecule has 0 atom stereocenters. The number of rotatable bonds is 10. The van der Waals surface area contributed by atoms with Crippen LogP contribution in [0.5, 0.6) is 17.2 Å². The van der Waals surface area contributed by atoms with Crippen LogP contribution in [0, 0.1) is 13.8 Å². The lowest BCUT2D eigenvalue weighted by Crippen LogP contribution is -2.16. The van der Waals surface area contributed by atoms with Crippen LogP contribution >= 0.6 is 15.9 Å². The van der Waals surface area contributed by atoms with Crippen molar-refractivity contribution >= 4 is 28.1 Å². The van der Waals surface area contributed by atoms with Crippen molar-refractivity contribution in [3.05, 3.63) is 93.6 Å². The fraction of sp³-hybridized carbons (Fsp3) is 0.214. The molecule has 8 nitrogen and oxygen atoms in total. The van der Waals surface area contributed by atoms with Crippen LogP contribution in [0.2, 0.25) is 0 Å². The molecule has 0 saturated carbocycles. The normalized spacial score (nSPS) is 11.1. The highest BCUT2D eigenvalue weighted by Gasteiger charge is 2.12. The molecule has 0 saturated heterocycles. The van der Waals surface area contributed by atoms with E-state index in [2.05, 4.69) is 57.0 Å². The van der Waals surface area contributed by atoms with Gasteiger partial charge in [-0.05, 0) is 97.4 Å². The Labute approximate surface area is 224 Å². The lowest BCUT2D eigenvalue weighted by molar-refractivity contribution is 0.0923. The highest BCUT2D eigenvalue weighted by atomic mass is 79.9. The molecule has 0 unspecified atom stereocenters. The lowest BCUT2D eigenvalue weighted by Gasteiger charge is -2.11. The molecule has 192 valence electrons. The van der Waals surface area contributed by atoms with Gasteiger partial charge in [0.1, 0.15) is 18.1 Å². The molecular formula is C28H28BrN3O5. The number of aryl methyl sites for hydroxylation is 2. The molecule has 1 N–H and O–H groups in total. The molecule has 0 fully saturated rings. The number of furan rings is 1. The van der Waals surface area contributed by atoms with Crippen molar-refractivity contribution in [3.63, 3.8) is 0 Å². The molecule has 2 heterocycles. The molecular weight excluding hydrogens is 538 g/mol. The Morgan fingerprint density at radius 1 is 1.03 bits per heavy atom. The Morgan fingerprint density at radius 3 is 2.43 bits per heavy atom. The molecule has 1 amide bonds. The lowest BCUT2D eigenvalue weighted by atomic mass is 10.2. The monoisotopic (exact) mass is 565 g/mol. The van der Waals surface area contributed by atoms with Crippen LogP contribution in [0.15, 0.2) is 74.7 Å². The Balaban J connectivity index is 1.33. The zero-order valence-electron chi connectivity index (χ0n) is 21.1. The summed E-state index contributed by atoms with van der Waals surface area (Å²) >= 11 is 3.48. The number of nitrogens with zero attached hydrogens (tertiary/aromatic N) is 2. The van der Waals surface area contributed by atoms with Gasteiger partial charge in [-0.1, -0.05) is 0 Å². The topological polar surface area (TPSA) is 87.2 Å². The van der Waals surface area contributed by atoms with Gasteiger partial charge in [0.05, 0.1) is 19.9 Å². The van der Waals surface area contributed by atoms with Gasteiger partial charge in [-0.2, -0.15) is 5.10 Å². The number of methoxy groups -OCH3 is 1. The smallest absolute Gasteiger partial charge is 0.307 e. The largest absolute Gasteiger partial charge is 0.493 e. The molecule has 0 spiro atoms. The minimum Gasteiger partial charge on any atom is -0.493 e. The number of hydrazone groups is 1. The van der Waals surface area contributed by atoms with E-state index in [1.165, 1.54) is 17.6 Å². The summed E-state index contributed by atoms with van der Waals surface area (Å²) in [5.74, 6) is 2.07. The van der Waals surface area contributed by atoms with Crippen molar-refractivity contribution in [1.29, 1.82) is 0 Å². The summed E-state index contributed by atoms with van der Waals surface area (Å²) in [5.41, 5.74) is 6.59.